The van der Waals surface area contributed by atoms with Crippen LogP contribution in [0.25, 0.3) is 0 Å². The van der Waals surface area contributed by atoms with Crippen LogP contribution in [0.5, 0.6) is 0 Å². The van der Waals surface area contributed by atoms with Crippen molar-refractivity contribution in [2.24, 2.45) is 4.99 Å². The molecule has 0 saturated carbocycles. The standard InChI is InChI=1S/C5H8N2/c1-5-3-6-4-7(5)2/h3,5H,1-2H3. The first kappa shape index (κ1) is 4.78. The summed E-state index contributed by atoms with van der Waals surface area (Å²) in [5.74, 6) is 0. The molecule has 1 aliphatic heterocycles. The van der Waals surface area contributed by atoms with Gasteiger partial charge < -0.3 is 0 Å². The van der Waals surface area contributed by atoms with Crippen molar-refractivity contribution in [2.75, 3.05) is 7.05 Å². The highest BCUT2D eigenvalue weighted by Gasteiger charge is 2.10. The number of nitrogens with zero attached hydrogens (tertiary/aromatic N) is 2. The van der Waals surface area contributed by atoms with Gasteiger partial charge in [-0.05, 0) is 14.0 Å². The molecule has 0 aromatic carbocycles. The van der Waals surface area contributed by atoms with Crippen LogP contribution in [0, 0.1) is 6.67 Å². The predicted octanol–water partition coefficient (Wildman–Crippen LogP) is 0.387. The van der Waals surface area contributed by atoms with Gasteiger partial charge in [0.15, 0.2) is 6.67 Å². The van der Waals surface area contributed by atoms with E-state index in [1.807, 2.05) is 18.2 Å². The summed E-state index contributed by atoms with van der Waals surface area (Å²) in [6, 6.07) is 0.444. The third-order valence-corrected chi connectivity index (χ3v) is 1.12. The second-order valence-corrected chi connectivity index (χ2v) is 1.73. The zero-order valence-electron chi connectivity index (χ0n) is 4.55. The molecule has 1 rings (SSSR count). The van der Waals surface area contributed by atoms with Crippen LogP contribution < -0.4 is 0 Å². The highest BCUT2D eigenvalue weighted by Crippen LogP contribution is 2.02. The summed E-state index contributed by atoms with van der Waals surface area (Å²) < 4.78 is 0. The highest BCUT2D eigenvalue weighted by molar-refractivity contribution is 5.66. The molecule has 7 heavy (non-hydrogen) atoms. The number of hydrogen-bond acceptors (Lipinski definition) is 2. The quantitative estimate of drug-likeness (QED) is 0.426. The van der Waals surface area contributed by atoms with E-state index in [0.717, 1.165) is 0 Å². The smallest absolute Gasteiger partial charge is 0.198 e. The minimum absolute atomic E-state index is 0.444. The lowest BCUT2D eigenvalue weighted by Gasteiger charge is -2.08. The van der Waals surface area contributed by atoms with Crippen molar-refractivity contribution in [3.63, 3.8) is 0 Å². The summed E-state index contributed by atoms with van der Waals surface area (Å²) in [4.78, 5) is 5.73. The van der Waals surface area contributed by atoms with Crippen molar-refractivity contribution in [3.8, 4) is 0 Å². The second-order valence-electron chi connectivity index (χ2n) is 1.73. The van der Waals surface area contributed by atoms with E-state index in [9.17, 15) is 0 Å². The zero-order valence-corrected chi connectivity index (χ0v) is 4.55. The largest absolute Gasteiger partial charge is 0.268 e. The van der Waals surface area contributed by atoms with E-state index in [4.69, 9.17) is 0 Å². The molecule has 0 N–H and O–H groups in total. The second kappa shape index (κ2) is 1.62. The molecule has 38 valence electrons. The first-order chi connectivity index (χ1) is 3.30. The van der Waals surface area contributed by atoms with Gasteiger partial charge in [-0.1, -0.05) is 0 Å². The van der Waals surface area contributed by atoms with Gasteiger partial charge in [0.05, 0.1) is 0 Å². The average molecular weight is 96.1 g/mol. The Balaban J connectivity index is 2.45. The lowest BCUT2D eigenvalue weighted by molar-refractivity contribution is 0.406. The van der Waals surface area contributed by atoms with Crippen LogP contribution in [-0.4, -0.2) is 24.2 Å². The van der Waals surface area contributed by atoms with Crippen molar-refractivity contribution in [1.82, 2.24) is 4.90 Å². The molecule has 0 aromatic heterocycles. The van der Waals surface area contributed by atoms with Gasteiger partial charge in [0.25, 0.3) is 0 Å². The summed E-state index contributed by atoms with van der Waals surface area (Å²) in [7, 11) is 1.96. The monoisotopic (exact) mass is 96.1 g/mol. The molecule has 2 radical (unpaired) electrons. The topological polar surface area (TPSA) is 15.6 Å². The van der Waals surface area contributed by atoms with Gasteiger partial charge >= 0.3 is 0 Å². The van der Waals surface area contributed by atoms with Crippen molar-refractivity contribution < 1.29 is 0 Å². The van der Waals surface area contributed by atoms with E-state index in [0.29, 0.717) is 6.04 Å². The molecule has 0 saturated heterocycles. The van der Waals surface area contributed by atoms with E-state index >= 15 is 0 Å². The Morgan fingerprint density at radius 2 is 2.57 bits per heavy atom. The fourth-order valence-electron chi connectivity index (χ4n) is 0.423. The number of aliphatic imine (C=N–C) groups is 1. The molecule has 1 heterocycles. The van der Waals surface area contributed by atoms with Crippen LogP contribution in [0.3, 0.4) is 0 Å². The molecule has 0 fully saturated rings. The van der Waals surface area contributed by atoms with Gasteiger partial charge in [0, 0.05) is 12.3 Å². The molecule has 0 spiro atoms. The minimum Gasteiger partial charge on any atom is -0.268 e. The first-order valence-corrected chi connectivity index (χ1v) is 2.32. The molecule has 2 heteroatoms. The lowest BCUT2D eigenvalue weighted by atomic mass is 10.4. The third-order valence-electron chi connectivity index (χ3n) is 1.12. The van der Waals surface area contributed by atoms with Crippen molar-refractivity contribution in [2.45, 2.75) is 13.0 Å². The maximum atomic E-state index is 3.80. The molecule has 1 unspecified atom stereocenters. The first-order valence-electron chi connectivity index (χ1n) is 2.32. The van der Waals surface area contributed by atoms with Crippen LogP contribution in [0.15, 0.2) is 4.99 Å². The summed E-state index contributed by atoms with van der Waals surface area (Å²) >= 11 is 0. The van der Waals surface area contributed by atoms with Crippen LogP contribution in [0.4, 0.5) is 0 Å². The maximum absolute atomic E-state index is 3.80. The zero-order chi connectivity index (χ0) is 5.28. The molecule has 0 aliphatic carbocycles. The van der Waals surface area contributed by atoms with E-state index in [1.165, 1.54) is 0 Å². The molecule has 0 bridgehead atoms. The lowest BCUT2D eigenvalue weighted by Crippen LogP contribution is -2.21. The van der Waals surface area contributed by atoms with Crippen LogP contribution in [-0.2, 0) is 0 Å². The Kier molecular flexibility index (Phi) is 1.11. The molecule has 1 atom stereocenters. The van der Waals surface area contributed by atoms with Crippen molar-refractivity contribution in [3.05, 3.63) is 6.67 Å². The number of hydrogen-bond donors (Lipinski definition) is 0. The molecule has 0 amide bonds. The molecular weight excluding hydrogens is 88.1 g/mol. The Labute approximate surface area is 43.8 Å². The van der Waals surface area contributed by atoms with E-state index in [-0.39, 0.29) is 0 Å². The van der Waals surface area contributed by atoms with Gasteiger partial charge in [-0.3, -0.25) is 9.89 Å². The molecule has 1 aliphatic rings. The van der Waals surface area contributed by atoms with E-state index in [2.05, 4.69) is 18.6 Å². The molecular formula is C5H8N2. The van der Waals surface area contributed by atoms with Crippen LogP contribution in [0.1, 0.15) is 6.92 Å². The Bertz CT molecular complexity index is 88.1. The molecule has 0 aromatic rings. The average Bonchev–Trinajstić information content (AvgIpc) is 1.91. The van der Waals surface area contributed by atoms with Crippen molar-refractivity contribution in [1.29, 1.82) is 0 Å². The third kappa shape index (κ3) is 0.800. The van der Waals surface area contributed by atoms with Crippen LogP contribution in [0.2, 0.25) is 0 Å². The summed E-state index contributed by atoms with van der Waals surface area (Å²) in [5.41, 5.74) is 0. The predicted molar refractivity (Wildman–Crippen MR) is 29.0 cm³/mol. The van der Waals surface area contributed by atoms with Crippen molar-refractivity contribution >= 4 is 6.21 Å². The SMILES string of the molecule is CC1C=N[C]N1C. The Morgan fingerprint density at radius 1 is 1.86 bits per heavy atom. The maximum Gasteiger partial charge on any atom is 0.198 e. The fourth-order valence-corrected chi connectivity index (χ4v) is 0.423. The Morgan fingerprint density at radius 3 is 2.71 bits per heavy atom. The van der Waals surface area contributed by atoms with Gasteiger partial charge in [-0.15, -0.1) is 0 Å². The minimum atomic E-state index is 0.444. The van der Waals surface area contributed by atoms with Gasteiger partial charge in [0.2, 0.25) is 0 Å². The molecule has 2 nitrogen and oxygen atoms in total. The highest BCUT2D eigenvalue weighted by atomic mass is 15.2. The summed E-state index contributed by atoms with van der Waals surface area (Å²) in [6.45, 7) is 4.84. The normalized spacial score (nSPS) is 32.0. The number of rotatable bonds is 0. The summed E-state index contributed by atoms with van der Waals surface area (Å²) in [5, 5.41) is 0. The van der Waals surface area contributed by atoms with E-state index in [1.54, 1.807) is 0 Å². The van der Waals surface area contributed by atoms with E-state index < -0.39 is 0 Å². The fraction of sp³-hybridized carbons (Fsp3) is 0.600. The van der Waals surface area contributed by atoms with Crippen LogP contribution >= 0.6 is 0 Å². The Hall–Kier alpha value is -0.370. The summed E-state index contributed by atoms with van der Waals surface area (Å²) in [6.07, 6.45) is 1.86. The van der Waals surface area contributed by atoms with Gasteiger partial charge in [-0.25, -0.2) is 0 Å². The van der Waals surface area contributed by atoms with Gasteiger partial charge in [0.1, 0.15) is 0 Å². The van der Waals surface area contributed by atoms with Gasteiger partial charge in [-0.2, -0.15) is 0 Å².